The average Bonchev–Trinajstić information content (AvgIpc) is 2.57. The number of anilines is 1. The van der Waals surface area contributed by atoms with Crippen LogP contribution in [0.5, 0.6) is 0 Å². The van der Waals surface area contributed by atoms with E-state index in [9.17, 15) is 12.8 Å². The molecule has 8 heteroatoms. The molecule has 24 heavy (non-hydrogen) atoms. The number of nitrogens with zero attached hydrogens (tertiary/aromatic N) is 2. The minimum absolute atomic E-state index is 0.0818. The molecular formula is C16H19ClFN3O2S. The number of hydrogen-bond acceptors (Lipinski definition) is 4. The molecule has 0 fully saturated rings. The molecule has 0 aliphatic rings. The Hall–Kier alpha value is -1.70. The molecule has 1 heterocycles. The number of halogens is 2. The molecule has 0 radical (unpaired) electrons. The standard InChI is InChI=1S/C16H19ClFN3O2S/c1-3-21(4-2)16-8-5-12(10-19-16)11-20-24(22,23)13-6-7-15(18)14(17)9-13/h5-10,20H,3-4,11H2,1-2H3. The van der Waals surface area contributed by atoms with Crippen molar-refractivity contribution in [1.29, 1.82) is 0 Å². The molecule has 2 aromatic rings. The Kier molecular flexibility index (Phi) is 6.15. The van der Waals surface area contributed by atoms with Gasteiger partial charge in [-0.3, -0.25) is 0 Å². The molecule has 0 aliphatic carbocycles. The van der Waals surface area contributed by atoms with E-state index in [1.54, 1.807) is 6.20 Å². The molecule has 0 amide bonds. The largest absolute Gasteiger partial charge is 0.357 e. The first kappa shape index (κ1) is 18.6. The molecule has 0 saturated carbocycles. The third-order valence-electron chi connectivity index (χ3n) is 3.56. The van der Waals surface area contributed by atoms with Gasteiger partial charge in [-0.05, 0) is 43.7 Å². The van der Waals surface area contributed by atoms with Crippen LogP contribution in [0.4, 0.5) is 10.2 Å². The van der Waals surface area contributed by atoms with Gasteiger partial charge in [0.15, 0.2) is 0 Å². The highest BCUT2D eigenvalue weighted by Gasteiger charge is 2.15. The van der Waals surface area contributed by atoms with E-state index in [2.05, 4.69) is 14.6 Å². The average molecular weight is 372 g/mol. The van der Waals surface area contributed by atoms with Crippen LogP contribution in [0.3, 0.4) is 0 Å². The van der Waals surface area contributed by atoms with Crippen molar-refractivity contribution in [3.8, 4) is 0 Å². The summed E-state index contributed by atoms with van der Waals surface area (Å²) in [6, 6.07) is 6.95. The zero-order chi connectivity index (χ0) is 17.7. The van der Waals surface area contributed by atoms with E-state index in [4.69, 9.17) is 11.6 Å². The minimum atomic E-state index is -3.77. The quantitative estimate of drug-likeness (QED) is 0.811. The molecule has 130 valence electrons. The van der Waals surface area contributed by atoms with Gasteiger partial charge in [0.1, 0.15) is 11.6 Å². The van der Waals surface area contributed by atoms with Crippen LogP contribution in [0.15, 0.2) is 41.4 Å². The molecule has 0 saturated heterocycles. The molecular weight excluding hydrogens is 353 g/mol. The number of nitrogens with one attached hydrogen (secondary N) is 1. The molecule has 1 aromatic heterocycles. The van der Waals surface area contributed by atoms with Gasteiger partial charge in [0, 0.05) is 25.8 Å². The van der Waals surface area contributed by atoms with Crippen LogP contribution in [0, 0.1) is 5.82 Å². The smallest absolute Gasteiger partial charge is 0.240 e. The van der Waals surface area contributed by atoms with Crippen LogP contribution in [-0.4, -0.2) is 26.5 Å². The summed E-state index contributed by atoms with van der Waals surface area (Å²) in [4.78, 5) is 6.35. The van der Waals surface area contributed by atoms with Crippen LogP contribution in [0.25, 0.3) is 0 Å². The summed E-state index contributed by atoms with van der Waals surface area (Å²) in [5.74, 6) is 0.184. The number of rotatable bonds is 7. The maximum atomic E-state index is 13.1. The van der Waals surface area contributed by atoms with Crippen molar-refractivity contribution in [1.82, 2.24) is 9.71 Å². The van der Waals surface area contributed by atoms with E-state index in [0.717, 1.165) is 36.6 Å². The van der Waals surface area contributed by atoms with Gasteiger partial charge in [0.25, 0.3) is 0 Å². The van der Waals surface area contributed by atoms with Crippen LogP contribution in [0.1, 0.15) is 19.4 Å². The maximum Gasteiger partial charge on any atom is 0.240 e. The number of sulfonamides is 1. The lowest BCUT2D eigenvalue weighted by Crippen LogP contribution is -2.24. The highest BCUT2D eigenvalue weighted by molar-refractivity contribution is 7.89. The van der Waals surface area contributed by atoms with Crippen molar-refractivity contribution >= 4 is 27.4 Å². The van der Waals surface area contributed by atoms with Gasteiger partial charge in [-0.15, -0.1) is 0 Å². The predicted octanol–water partition coefficient (Wildman–Crippen LogP) is 3.20. The zero-order valence-corrected chi connectivity index (χ0v) is 15.0. The summed E-state index contributed by atoms with van der Waals surface area (Å²) in [7, 11) is -3.77. The fourth-order valence-corrected chi connectivity index (χ4v) is 3.45. The van der Waals surface area contributed by atoms with E-state index >= 15 is 0 Å². The summed E-state index contributed by atoms with van der Waals surface area (Å²) >= 11 is 5.63. The summed E-state index contributed by atoms with van der Waals surface area (Å²) < 4.78 is 40.0. The molecule has 5 nitrogen and oxygen atoms in total. The van der Waals surface area contributed by atoms with E-state index in [-0.39, 0.29) is 16.5 Å². The lowest BCUT2D eigenvalue weighted by atomic mass is 10.3. The number of aromatic nitrogens is 1. The lowest BCUT2D eigenvalue weighted by molar-refractivity contribution is 0.580. The Morgan fingerprint density at radius 2 is 1.92 bits per heavy atom. The summed E-state index contributed by atoms with van der Waals surface area (Å²) in [5, 5.41) is -0.233. The van der Waals surface area contributed by atoms with Gasteiger partial charge in [-0.1, -0.05) is 17.7 Å². The van der Waals surface area contributed by atoms with Crippen molar-refractivity contribution in [2.24, 2.45) is 0 Å². The minimum Gasteiger partial charge on any atom is -0.357 e. The molecule has 1 aromatic carbocycles. The maximum absolute atomic E-state index is 13.1. The van der Waals surface area contributed by atoms with Crippen molar-refractivity contribution in [2.75, 3.05) is 18.0 Å². The molecule has 2 rings (SSSR count). The first-order valence-electron chi connectivity index (χ1n) is 7.52. The van der Waals surface area contributed by atoms with Gasteiger partial charge in [0.2, 0.25) is 10.0 Å². The third-order valence-corrected chi connectivity index (χ3v) is 5.25. The Labute approximate surface area is 146 Å². The van der Waals surface area contributed by atoms with Gasteiger partial charge in [0.05, 0.1) is 9.92 Å². The van der Waals surface area contributed by atoms with Crippen LogP contribution in [0.2, 0.25) is 5.02 Å². The van der Waals surface area contributed by atoms with Gasteiger partial charge in [-0.25, -0.2) is 22.5 Å². The number of hydrogen-bond donors (Lipinski definition) is 1. The molecule has 0 unspecified atom stereocenters. The molecule has 1 N–H and O–H groups in total. The first-order valence-corrected chi connectivity index (χ1v) is 9.38. The Morgan fingerprint density at radius 1 is 1.21 bits per heavy atom. The molecule has 0 bridgehead atoms. The Balaban J connectivity index is 2.07. The predicted molar refractivity (Wildman–Crippen MR) is 93.2 cm³/mol. The van der Waals surface area contributed by atoms with Crippen molar-refractivity contribution in [2.45, 2.75) is 25.3 Å². The van der Waals surface area contributed by atoms with E-state index in [0.29, 0.717) is 0 Å². The van der Waals surface area contributed by atoms with Crippen LogP contribution in [-0.2, 0) is 16.6 Å². The second kappa shape index (κ2) is 7.92. The molecule has 0 aliphatic heterocycles. The van der Waals surface area contributed by atoms with Crippen molar-refractivity contribution < 1.29 is 12.8 Å². The van der Waals surface area contributed by atoms with E-state index in [1.165, 1.54) is 6.07 Å². The SMILES string of the molecule is CCN(CC)c1ccc(CNS(=O)(=O)c2ccc(F)c(Cl)c2)cn1. The second-order valence-electron chi connectivity index (χ2n) is 5.10. The number of benzene rings is 1. The van der Waals surface area contributed by atoms with E-state index in [1.807, 2.05) is 26.0 Å². The van der Waals surface area contributed by atoms with Gasteiger partial charge in [-0.2, -0.15) is 0 Å². The fraction of sp³-hybridized carbons (Fsp3) is 0.312. The normalized spacial score (nSPS) is 11.5. The van der Waals surface area contributed by atoms with Crippen molar-refractivity contribution in [3.05, 3.63) is 52.9 Å². The first-order chi connectivity index (χ1) is 11.4. The Morgan fingerprint density at radius 3 is 2.46 bits per heavy atom. The highest BCUT2D eigenvalue weighted by atomic mass is 35.5. The molecule has 0 atom stereocenters. The Bertz CT molecular complexity index is 793. The third kappa shape index (κ3) is 4.43. The molecule has 0 spiro atoms. The fourth-order valence-electron chi connectivity index (χ4n) is 2.16. The van der Waals surface area contributed by atoms with Crippen LogP contribution >= 0.6 is 11.6 Å². The van der Waals surface area contributed by atoms with E-state index < -0.39 is 15.8 Å². The lowest BCUT2D eigenvalue weighted by Gasteiger charge is -2.19. The second-order valence-corrected chi connectivity index (χ2v) is 7.27. The highest BCUT2D eigenvalue weighted by Crippen LogP contribution is 2.19. The number of pyridine rings is 1. The summed E-state index contributed by atoms with van der Waals surface area (Å²) in [5.41, 5.74) is 0.725. The monoisotopic (exact) mass is 371 g/mol. The van der Waals surface area contributed by atoms with Crippen molar-refractivity contribution in [3.63, 3.8) is 0 Å². The summed E-state index contributed by atoms with van der Waals surface area (Å²) in [6.07, 6.45) is 1.63. The zero-order valence-electron chi connectivity index (χ0n) is 13.5. The summed E-state index contributed by atoms with van der Waals surface area (Å²) in [6.45, 7) is 5.87. The van der Waals surface area contributed by atoms with Gasteiger partial charge >= 0.3 is 0 Å². The van der Waals surface area contributed by atoms with Crippen LogP contribution < -0.4 is 9.62 Å². The van der Waals surface area contributed by atoms with Gasteiger partial charge < -0.3 is 4.90 Å². The topological polar surface area (TPSA) is 62.3 Å².